The summed E-state index contributed by atoms with van der Waals surface area (Å²) in [5, 5.41) is 4.30. The lowest BCUT2D eigenvalue weighted by molar-refractivity contribution is 0.432. The van der Waals surface area contributed by atoms with Crippen molar-refractivity contribution in [3.63, 3.8) is 0 Å². The zero-order chi connectivity index (χ0) is 15.0. The average molecular weight is 304 g/mol. The molecule has 1 aromatic heterocycles. The lowest BCUT2D eigenvalue weighted by Crippen LogP contribution is -1.88. The van der Waals surface area contributed by atoms with E-state index < -0.39 is 0 Å². The van der Waals surface area contributed by atoms with Crippen molar-refractivity contribution in [2.24, 2.45) is 0 Å². The van der Waals surface area contributed by atoms with Crippen LogP contribution in [0.25, 0.3) is 22.8 Å². The summed E-state index contributed by atoms with van der Waals surface area (Å²) in [4.78, 5) is 4.27. The molecule has 0 radical (unpaired) electrons. The molecule has 2 aromatic carbocycles. The van der Waals surface area contributed by atoms with Crippen molar-refractivity contribution in [2.45, 2.75) is 6.92 Å². The number of rotatable bonds is 2. The molecule has 0 unspecified atom stereocenters. The van der Waals surface area contributed by atoms with Crippen LogP contribution >= 0.6 is 11.6 Å². The summed E-state index contributed by atoms with van der Waals surface area (Å²) in [6.07, 6.45) is 0. The van der Waals surface area contributed by atoms with Gasteiger partial charge in [0.05, 0.1) is 10.6 Å². The molecule has 0 atom stereocenters. The number of nitrogen functional groups attached to an aromatic ring is 1. The molecule has 3 rings (SSSR count). The van der Waals surface area contributed by atoms with Crippen LogP contribution in [0, 0.1) is 12.7 Å². The molecule has 3 aromatic rings. The molecule has 0 spiro atoms. The van der Waals surface area contributed by atoms with E-state index >= 15 is 0 Å². The van der Waals surface area contributed by atoms with Crippen LogP contribution < -0.4 is 5.73 Å². The third kappa shape index (κ3) is 2.60. The lowest BCUT2D eigenvalue weighted by Gasteiger charge is -2.00. The van der Waals surface area contributed by atoms with E-state index in [2.05, 4.69) is 10.1 Å². The van der Waals surface area contributed by atoms with E-state index in [4.69, 9.17) is 21.9 Å². The highest BCUT2D eigenvalue weighted by Crippen LogP contribution is 2.30. The van der Waals surface area contributed by atoms with Crippen molar-refractivity contribution >= 4 is 17.3 Å². The Morgan fingerprint density at radius 2 is 1.95 bits per heavy atom. The van der Waals surface area contributed by atoms with Gasteiger partial charge in [0.1, 0.15) is 5.82 Å². The van der Waals surface area contributed by atoms with E-state index in [9.17, 15) is 4.39 Å². The van der Waals surface area contributed by atoms with E-state index in [1.807, 2.05) is 6.92 Å². The SMILES string of the molecule is Cc1ccc(F)cc1-c1noc(-c2ccc(N)cc2Cl)n1. The van der Waals surface area contributed by atoms with Crippen LogP contribution in [0.3, 0.4) is 0 Å². The van der Waals surface area contributed by atoms with Crippen LogP contribution in [0.1, 0.15) is 5.56 Å². The van der Waals surface area contributed by atoms with Gasteiger partial charge in [-0.15, -0.1) is 0 Å². The van der Waals surface area contributed by atoms with Gasteiger partial charge in [0, 0.05) is 11.3 Å². The summed E-state index contributed by atoms with van der Waals surface area (Å²) in [5.41, 5.74) is 8.21. The first-order chi connectivity index (χ1) is 10.0. The largest absolute Gasteiger partial charge is 0.399 e. The first-order valence-corrected chi connectivity index (χ1v) is 6.58. The average Bonchev–Trinajstić information content (AvgIpc) is 2.91. The van der Waals surface area contributed by atoms with E-state index in [-0.39, 0.29) is 11.7 Å². The fourth-order valence-corrected chi connectivity index (χ4v) is 2.25. The Morgan fingerprint density at radius 1 is 1.14 bits per heavy atom. The maximum absolute atomic E-state index is 13.3. The molecule has 0 aliphatic rings. The van der Waals surface area contributed by atoms with Gasteiger partial charge >= 0.3 is 0 Å². The smallest absolute Gasteiger partial charge is 0.259 e. The number of hydrogen-bond acceptors (Lipinski definition) is 4. The molecule has 0 aliphatic heterocycles. The topological polar surface area (TPSA) is 64.9 Å². The van der Waals surface area contributed by atoms with Crippen molar-refractivity contribution < 1.29 is 8.91 Å². The number of aryl methyl sites for hydroxylation is 1. The second kappa shape index (κ2) is 5.18. The Balaban J connectivity index is 2.06. The van der Waals surface area contributed by atoms with Gasteiger partial charge in [0.25, 0.3) is 5.89 Å². The molecular formula is C15H11ClFN3O. The molecule has 0 aliphatic carbocycles. The molecule has 0 saturated carbocycles. The van der Waals surface area contributed by atoms with E-state index in [1.165, 1.54) is 12.1 Å². The molecule has 4 nitrogen and oxygen atoms in total. The number of benzene rings is 2. The number of halogens is 2. The number of nitrogens with two attached hydrogens (primary N) is 1. The molecule has 21 heavy (non-hydrogen) atoms. The Hall–Kier alpha value is -2.40. The summed E-state index contributed by atoms with van der Waals surface area (Å²) >= 11 is 6.11. The summed E-state index contributed by atoms with van der Waals surface area (Å²) in [7, 11) is 0. The number of nitrogens with zero attached hydrogens (tertiary/aromatic N) is 2. The van der Waals surface area contributed by atoms with Crippen LogP contribution in [-0.4, -0.2) is 10.1 Å². The van der Waals surface area contributed by atoms with Gasteiger partial charge in [0.15, 0.2) is 0 Å². The Bertz CT molecular complexity index is 816. The fraction of sp³-hybridized carbons (Fsp3) is 0.0667. The van der Waals surface area contributed by atoms with E-state index in [1.54, 1.807) is 24.3 Å². The van der Waals surface area contributed by atoms with Gasteiger partial charge in [-0.25, -0.2) is 4.39 Å². The maximum atomic E-state index is 13.3. The maximum Gasteiger partial charge on any atom is 0.259 e. The molecule has 0 fully saturated rings. The fourth-order valence-electron chi connectivity index (χ4n) is 1.98. The number of anilines is 1. The molecular weight excluding hydrogens is 293 g/mol. The third-order valence-corrected chi connectivity index (χ3v) is 3.40. The minimum absolute atomic E-state index is 0.263. The van der Waals surface area contributed by atoms with Crippen molar-refractivity contribution in [3.05, 3.63) is 52.8 Å². The normalized spacial score (nSPS) is 10.8. The van der Waals surface area contributed by atoms with Gasteiger partial charge in [0.2, 0.25) is 5.82 Å². The van der Waals surface area contributed by atoms with Gasteiger partial charge < -0.3 is 10.3 Å². The second-order valence-electron chi connectivity index (χ2n) is 4.62. The molecule has 1 heterocycles. The predicted molar refractivity (Wildman–Crippen MR) is 79.3 cm³/mol. The summed E-state index contributed by atoms with van der Waals surface area (Å²) in [6, 6.07) is 9.42. The Labute approximate surface area is 125 Å². The number of hydrogen-bond donors (Lipinski definition) is 1. The minimum atomic E-state index is -0.354. The zero-order valence-corrected chi connectivity index (χ0v) is 11.9. The Kier molecular flexibility index (Phi) is 3.35. The van der Waals surface area contributed by atoms with E-state index in [0.29, 0.717) is 27.7 Å². The molecule has 0 bridgehead atoms. The molecule has 106 valence electrons. The minimum Gasteiger partial charge on any atom is -0.399 e. The van der Waals surface area contributed by atoms with Gasteiger partial charge in [-0.3, -0.25) is 0 Å². The van der Waals surface area contributed by atoms with Crippen molar-refractivity contribution in [2.75, 3.05) is 5.73 Å². The molecule has 2 N–H and O–H groups in total. The third-order valence-electron chi connectivity index (χ3n) is 3.09. The summed E-state index contributed by atoms with van der Waals surface area (Å²) in [6.45, 7) is 1.85. The van der Waals surface area contributed by atoms with Crippen LogP contribution in [0.5, 0.6) is 0 Å². The molecule has 0 amide bonds. The molecule has 0 saturated heterocycles. The van der Waals surface area contributed by atoms with Gasteiger partial charge in [-0.1, -0.05) is 22.8 Å². The van der Waals surface area contributed by atoms with Gasteiger partial charge in [-0.2, -0.15) is 4.98 Å². The lowest BCUT2D eigenvalue weighted by atomic mass is 10.1. The first kappa shape index (κ1) is 13.6. The highest BCUT2D eigenvalue weighted by Gasteiger charge is 2.15. The zero-order valence-electron chi connectivity index (χ0n) is 11.1. The van der Waals surface area contributed by atoms with Crippen LogP contribution in [-0.2, 0) is 0 Å². The summed E-state index contributed by atoms with van der Waals surface area (Å²) < 4.78 is 18.6. The second-order valence-corrected chi connectivity index (χ2v) is 5.03. The van der Waals surface area contributed by atoms with E-state index in [0.717, 1.165) is 5.56 Å². The van der Waals surface area contributed by atoms with Crippen LogP contribution in [0.2, 0.25) is 5.02 Å². The Morgan fingerprint density at radius 3 is 2.71 bits per heavy atom. The first-order valence-electron chi connectivity index (χ1n) is 6.20. The standard InChI is InChI=1S/C15H11ClFN3O/c1-8-2-3-9(17)6-12(8)14-19-15(21-20-14)11-5-4-10(18)7-13(11)16/h2-7H,18H2,1H3. The highest BCUT2D eigenvalue weighted by molar-refractivity contribution is 6.33. The predicted octanol–water partition coefficient (Wildman–Crippen LogP) is 4.09. The van der Waals surface area contributed by atoms with Gasteiger partial charge in [-0.05, 0) is 42.8 Å². The van der Waals surface area contributed by atoms with Crippen LogP contribution in [0.4, 0.5) is 10.1 Å². The monoisotopic (exact) mass is 303 g/mol. The van der Waals surface area contributed by atoms with Crippen molar-refractivity contribution in [1.82, 2.24) is 10.1 Å². The highest BCUT2D eigenvalue weighted by atomic mass is 35.5. The van der Waals surface area contributed by atoms with Crippen molar-refractivity contribution in [3.8, 4) is 22.8 Å². The number of aromatic nitrogens is 2. The summed E-state index contributed by atoms with van der Waals surface area (Å²) in [5.74, 6) is 0.223. The quantitative estimate of drug-likeness (QED) is 0.724. The van der Waals surface area contributed by atoms with Crippen LogP contribution in [0.15, 0.2) is 40.9 Å². The van der Waals surface area contributed by atoms with Crippen molar-refractivity contribution in [1.29, 1.82) is 0 Å². The molecule has 6 heteroatoms.